The van der Waals surface area contributed by atoms with Gasteiger partial charge in [-0.25, -0.2) is 0 Å². The number of ether oxygens (including phenoxy) is 1. The number of thioether (sulfide) groups is 1. The number of carbonyl (C=O) groups is 1. The first kappa shape index (κ1) is 21.9. The Balaban J connectivity index is 1.60. The van der Waals surface area contributed by atoms with Crippen molar-refractivity contribution in [1.29, 1.82) is 0 Å². The zero-order valence-corrected chi connectivity index (χ0v) is 17.0. The van der Waals surface area contributed by atoms with E-state index in [0.29, 0.717) is 15.9 Å². The highest BCUT2D eigenvalue weighted by molar-refractivity contribution is 7.99. The molecule has 7 nitrogen and oxygen atoms in total. The Morgan fingerprint density at radius 2 is 2.00 bits per heavy atom. The zero-order valence-electron chi connectivity index (χ0n) is 15.4. The van der Waals surface area contributed by atoms with E-state index in [-0.39, 0.29) is 23.5 Å². The molecule has 158 valence electrons. The Bertz CT molecular complexity index is 1010. The summed E-state index contributed by atoms with van der Waals surface area (Å²) in [6.45, 7) is 1.84. The van der Waals surface area contributed by atoms with Crippen LogP contribution in [-0.2, 0) is 4.79 Å². The van der Waals surface area contributed by atoms with Crippen LogP contribution in [-0.4, -0.2) is 38.2 Å². The van der Waals surface area contributed by atoms with Gasteiger partial charge in [-0.15, -0.1) is 18.3 Å². The average molecular weight is 458 g/mol. The van der Waals surface area contributed by atoms with Crippen LogP contribution in [0, 0.1) is 0 Å². The lowest BCUT2D eigenvalue weighted by atomic mass is 10.1. The van der Waals surface area contributed by atoms with Crippen LogP contribution in [0.3, 0.4) is 0 Å². The van der Waals surface area contributed by atoms with E-state index in [1.54, 1.807) is 18.2 Å². The average Bonchev–Trinajstić information content (AvgIpc) is 3.14. The minimum Gasteiger partial charge on any atom is -0.406 e. The van der Waals surface area contributed by atoms with Gasteiger partial charge in [-0.1, -0.05) is 35.5 Å². The number of nitrogens with zero attached hydrogens (tertiary/aromatic N) is 4. The molecule has 0 aliphatic rings. The zero-order chi connectivity index (χ0) is 21.7. The van der Waals surface area contributed by atoms with E-state index in [1.807, 2.05) is 13.0 Å². The molecule has 1 N–H and O–H groups in total. The lowest BCUT2D eigenvalue weighted by molar-refractivity contribution is -0.274. The normalized spacial score (nSPS) is 12.4. The monoisotopic (exact) mass is 457 g/mol. The third kappa shape index (κ3) is 6.10. The predicted octanol–water partition coefficient (Wildman–Crippen LogP) is 4.18. The van der Waals surface area contributed by atoms with Crippen molar-refractivity contribution in [2.24, 2.45) is 0 Å². The van der Waals surface area contributed by atoms with Crippen molar-refractivity contribution in [2.45, 2.75) is 24.5 Å². The van der Waals surface area contributed by atoms with Gasteiger partial charge in [0, 0.05) is 5.02 Å². The first-order valence-corrected chi connectivity index (χ1v) is 9.90. The first-order valence-electron chi connectivity index (χ1n) is 8.53. The molecule has 3 aromatic rings. The summed E-state index contributed by atoms with van der Waals surface area (Å²) in [6, 6.07) is 12.0. The molecular formula is C18H15ClF3N5O2S. The molecule has 0 saturated heterocycles. The molecule has 3 rings (SSSR count). The number of alkyl halides is 3. The molecule has 0 aliphatic heterocycles. The summed E-state index contributed by atoms with van der Waals surface area (Å²) in [5.41, 5.74) is 1.29. The second kappa shape index (κ2) is 9.35. The SMILES string of the molecule is C[C@H](NC(=O)CSc1nnnn1-c1ccc(OC(F)(F)F)cc1)c1cccc(Cl)c1. The topological polar surface area (TPSA) is 81.9 Å². The van der Waals surface area contributed by atoms with Crippen LogP contribution >= 0.6 is 23.4 Å². The maximum Gasteiger partial charge on any atom is 0.573 e. The van der Waals surface area contributed by atoms with E-state index >= 15 is 0 Å². The van der Waals surface area contributed by atoms with Gasteiger partial charge in [0.25, 0.3) is 0 Å². The molecule has 0 unspecified atom stereocenters. The van der Waals surface area contributed by atoms with Crippen molar-refractivity contribution in [3.63, 3.8) is 0 Å². The molecule has 1 amide bonds. The van der Waals surface area contributed by atoms with Crippen molar-refractivity contribution >= 4 is 29.3 Å². The molecule has 0 spiro atoms. The molecule has 0 saturated carbocycles. The fraction of sp³-hybridized carbons (Fsp3) is 0.222. The number of hydrogen-bond acceptors (Lipinski definition) is 6. The molecule has 0 fully saturated rings. The summed E-state index contributed by atoms with van der Waals surface area (Å²) in [6.07, 6.45) is -4.77. The second-order valence-corrected chi connectivity index (χ2v) is 7.43. The van der Waals surface area contributed by atoms with E-state index in [0.717, 1.165) is 29.5 Å². The Morgan fingerprint density at radius 3 is 2.67 bits per heavy atom. The van der Waals surface area contributed by atoms with Crippen molar-refractivity contribution < 1.29 is 22.7 Å². The lowest BCUT2D eigenvalue weighted by Gasteiger charge is -2.14. The highest BCUT2D eigenvalue weighted by Crippen LogP contribution is 2.25. The highest BCUT2D eigenvalue weighted by Gasteiger charge is 2.31. The summed E-state index contributed by atoms with van der Waals surface area (Å²) in [5, 5.41) is 15.0. The number of benzene rings is 2. The minimum absolute atomic E-state index is 0.0422. The maximum atomic E-state index is 12.3. The fourth-order valence-electron chi connectivity index (χ4n) is 2.49. The number of halogens is 4. The molecular weight excluding hydrogens is 443 g/mol. The van der Waals surface area contributed by atoms with Crippen molar-refractivity contribution in [3.8, 4) is 11.4 Å². The largest absolute Gasteiger partial charge is 0.573 e. The van der Waals surface area contributed by atoms with Gasteiger partial charge in [0.15, 0.2) is 0 Å². The maximum absolute atomic E-state index is 12.3. The molecule has 1 atom stereocenters. The van der Waals surface area contributed by atoms with Crippen LogP contribution in [0.25, 0.3) is 5.69 Å². The summed E-state index contributed by atoms with van der Waals surface area (Å²) in [4.78, 5) is 12.3. The molecule has 12 heteroatoms. The molecule has 1 heterocycles. The third-order valence-corrected chi connectivity index (χ3v) is 4.97. The van der Waals surface area contributed by atoms with Gasteiger partial charge in [-0.2, -0.15) is 4.68 Å². The number of rotatable bonds is 7. The standard InChI is InChI=1S/C18H15ClF3N5O2S/c1-11(12-3-2-4-13(19)9-12)23-16(28)10-30-17-24-25-26-27(17)14-5-7-15(8-6-14)29-18(20,21)22/h2-9,11H,10H2,1H3,(H,23,28)/t11-/m0/s1. The van der Waals surface area contributed by atoms with E-state index in [4.69, 9.17) is 11.6 Å². The summed E-state index contributed by atoms with van der Waals surface area (Å²) in [7, 11) is 0. The van der Waals surface area contributed by atoms with Gasteiger partial charge in [-0.3, -0.25) is 4.79 Å². The fourth-order valence-corrected chi connectivity index (χ4v) is 3.39. The number of aromatic nitrogens is 4. The number of hydrogen-bond donors (Lipinski definition) is 1. The Morgan fingerprint density at radius 1 is 1.27 bits per heavy atom. The molecule has 0 aliphatic carbocycles. The van der Waals surface area contributed by atoms with Gasteiger partial charge < -0.3 is 10.1 Å². The number of tetrazole rings is 1. The van der Waals surface area contributed by atoms with Crippen LogP contribution in [0.1, 0.15) is 18.5 Å². The number of carbonyl (C=O) groups excluding carboxylic acids is 1. The Labute approximate surface area is 178 Å². The summed E-state index contributed by atoms with van der Waals surface area (Å²) >= 11 is 7.05. The Hall–Kier alpha value is -2.79. The van der Waals surface area contributed by atoms with Gasteiger partial charge >= 0.3 is 6.36 Å². The second-order valence-electron chi connectivity index (χ2n) is 6.05. The number of amides is 1. The van der Waals surface area contributed by atoms with Crippen molar-refractivity contribution in [3.05, 3.63) is 59.1 Å². The summed E-state index contributed by atoms with van der Waals surface area (Å²) < 4.78 is 42.0. The third-order valence-electron chi connectivity index (χ3n) is 3.81. The first-order chi connectivity index (χ1) is 14.2. The van der Waals surface area contributed by atoms with Crippen LogP contribution < -0.4 is 10.1 Å². The van der Waals surface area contributed by atoms with E-state index in [2.05, 4.69) is 25.6 Å². The van der Waals surface area contributed by atoms with Crippen LogP contribution in [0.4, 0.5) is 13.2 Å². The summed E-state index contributed by atoms with van der Waals surface area (Å²) in [5.74, 6) is -0.556. The highest BCUT2D eigenvalue weighted by atomic mass is 35.5. The van der Waals surface area contributed by atoms with Gasteiger partial charge in [-0.05, 0) is 59.3 Å². The predicted molar refractivity (Wildman–Crippen MR) is 105 cm³/mol. The van der Waals surface area contributed by atoms with E-state index in [9.17, 15) is 18.0 Å². The molecule has 1 aromatic heterocycles. The van der Waals surface area contributed by atoms with Crippen LogP contribution in [0.5, 0.6) is 5.75 Å². The van der Waals surface area contributed by atoms with Gasteiger partial charge in [0.2, 0.25) is 11.1 Å². The smallest absolute Gasteiger partial charge is 0.406 e. The Kier molecular flexibility index (Phi) is 6.83. The van der Waals surface area contributed by atoms with Gasteiger partial charge in [0.05, 0.1) is 17.5 Å². The molecule has 30 heavy (non-hydrogen) atoms. The van der Waals surface area contributed by atoms with E-state index in [1.165, 1.54) is 16.8 Å². The van der Waals surface area contributed by atoms with Crippen molar-refractivity contribution in [2.75, 3.05) is 5.75 Å². The van der Waals surface area contributed by atoms with Gasteiger partial charge in [0.1, 0.15) is 5.75 Å². The van der Waals surface area contributed by atoms with E-state index < -0.39 is 6.36 Å². The quantitative estimate of drug-likeness (QED) is 0.536. The number of nitrogens with one attached hydrogen (secondary N) is 1. The van der Waals surface area contributed by atoms with Crippen LogP contribution in [0.15, 0.2) is 53.7 Å². The molecule has 0 radical (unpaired) electrons. The lowest BCUT2D eigenvalue weighted by Crippen LogP contribution is -2.28. The van der Waals surface area contributed by atoms with Crippen LogP contribution in [0.2, 0.25) is 5.02 Å². The minimum atomic E-state index is -4.77. The molecule has 2 aromatic carbocycles. The molecule has 0 bridgehead atoms. The van der Waals surface area contributed by atoms with Crippen molar-refractivity contribution in [1.82, 2.24) is 25.5 Å².